The van der Waals surface area contributed by atoms with Gasteiger partial charge < -0.3 is 20.0 Å². The summed E-state index contributed by atoms with van der Waals surface area (Å²) in [4.78, 5) is 39.8. The topological polar surface area (TPSA) is 91.7 Å². The Morgan fingerprint density at radius 2 is 2.04 bits per heavy atom. The molecule has 0 spiro atoms. The van der Waals surface area contributed by atoms with Crippen LogP contribution >= 0.6 is 0 Å². The van der Waals surface area contributed by atoms with Gasteiger partial charge in [-0.1, -0.05) is 26.2 Å². The monoisotopic (exact) mass is 389 g/mol. The minimum Gasteiger partial charge on any atom is -0.467 e. The molecule has 0 bridgehead atoms. The third kappa shape index (κ3) is 4.39. The van der Waals surface area contributed by atoms with Crippen LogP contribution in [-0.4, -0.2) is 40.2 Å². The number of amides is 3. The summed E-state index contributed by atoms with van der Waals surface area (Å²) in [5.74, 6) is 0.125. The Morgan fingerprint density at radius 3 is 2.61 bits per heavy atom. The predicted octanol–water partition coefficient (Wildman–Crippen LogP) is 2.50. The molecule has 1 aliphatic carbocycles. The lowest BCUT2D eigenvalue weighted by molar-refractivity contribution is -0.150. The fraction of sp³-hybridized carbons (Fsp3) is 0.667. The second-order valence-electron chi connectivity index (χ2n) is 8.10. The van der Waals surface area contributed by atoms with E-state index >= 15 is 0 Å². The van der Waals surface area contributed by atoms with Crippen LogP contribution in [0, 0.1) is 0 Å². The maximum absolute atomic E-state index is 13.3. The summed E-state index contributed by atoms with van der Waals surface area (Å²) in [7, 11) is 0. The van der Waals surface area contributed by atoms with E-state index in [1.54, 1.807) is 23.3 Å². The van der Waals surface area contributed by atoms with Crippen molar-refractivity contribution in [3.05, 3.63) is 24.2 Å². The number of nitrogens with one attached hydrogen (secondary N) is 2. The van der Waals surface area contributed by atoms with Gasteiger partial charge in [0.05, 0.1) is 12.8 Å². The van der Waals surface area contributed by atoms with Gasteiger partial charge in [-0.15, -0.1) is 0 Å². The number of nitrogens with zero attached hydrogens (tertiary/aromatic N) is 1. The average molecular weight is 389 g/mol. The van der Waals surface area contributed by atoms with Crippen LogP contribution in [0.2, 0.25) is 0 Å². The molecule has 2 atom stereocenters. The SMILES string of the molecule is CC[C@](C)(C(=O)NC1CCCCC1)N(Cc1ccco1)C(=O)[C@H]1CCC(=O)N1. The van der Waals surface area contributed by atoms with Gasteiger partial charge in [0.2, 0.25) is 17.7 Å². The number of carbonyl (C=O) groups excluding carboxylic acids is 3. The number of rotatable bonds is 7. The third-order valence-electron chi connectivity index (χ3n) is 6.17. The lowest BCUT2D eigenvalue weighted by Crippen LogP contribution is -2.62. The first-order valence-electron chi connectivity index (χ1n) is 10.4. The molecular formula is C21H31N3O4. The van der Waals surface area contributed by atoms with E-state index in [2.05, 4.69) is 10.6 Å². The first kappa shape index (κ1) is 20.4. The van der Waals surface area contributed by atoms with Gasteiger partial charge in [-0.2, -0.15) is 0 Å². The van der Waals surface area contributed by atoms with E-state index in [0.717, 1.165) is 25.7 Å². The largest absolute Gasteiger partial charge is 0.467 e. The molecule has 0 aromatic carbocycles. The highest BCUT2D eigenvalue weighted by atomic mass is 16.3. The Morgan fingerprint density at radius 1 is 1.29 bits per heavy atom. The number of hydrogen-bond acceptors (Lipinski definition) is 4. The van der Waals surface area contributed by atoms with Crippen molar-refractivity contribution in [2.24, 2.45) is 0 Å². The van der Waals surface area contributed by atoms with E-state index < -0.39 is 11.6 Å². The van der Waals surface area contributed by atoms with Crippen molar-refractivity contribution in [3.8, 4) is 0 Å². The normalized spacial score (nSPS) is 22.4. The highest BCUT2D eigenvalue weighted by molar-refractivity contribution is 5.95. The van der Waals surface area contributed by atoms with Crippen molar-refractivity contribution in [2.45, 2.75) is 89.4 Å². The van der Waals surface area contributed by atoms with E-state index in [0.29, 0.717) is 25.0 Å². The Balaban J connectivity index is 1.82. The van der Waals surface area contributed by atoms with Gasteiger partial charge in [-0.3, -0.25) is 14.4 Å². The quantitative estimate of drug-likeness (QED) is 0.749. The molecule has 0 radical (unpaired) electrons. The van der Waals surface area contributed by atoms with Gasteiger partial charge in [0, 0.05) is 12.5 Å². The van der Waals surface area contributed by atoms with Gasteiger partial charge >= 0.3 is 0 Å². The first-order chi connectivity index (χ1) is 13.4. The molecule has 2 N–H and O–H groups in total. The van der Waals surface area contributed by atoms with Gasteiger partial charge in [0.1, 0.15) is 17.3 Å². The highest BCUT2D eigenvalue weighted by Crippen LogP contribution is 2.27. The summed E-state index contributed by atoms with van der Waals surface area (Å²) in [6.07, 6.45) is 8.24. The molecule has 1 aromatic rings. The summed E-state index contributed by atoms with van der Waals surface area (Å²) in [5, 5.41) is 5.91. The Labute approximate surface area is 166 Å². The zero-order valence-corrected chi connectivity index (χ0v) is 16.8. The zero-order chi connectivity index (χ0) is 20.1. The molecule has 2 aliphatic rings. The molecule has 3 amide bonds. The number of carbonyl (C=O) groups is 3. The van der Waals surface area contributed by atoms with Crippen molar-refractivity contribution < 1.29 is 18.8 Å². The van der Waals surface area contributed by atoms with Crippen molar-refractivity contribution >= 4 is 17.7 Å². The van der Waals surface area contributed by atoms with Gasteiger partial charge in [0.15, 0.2) is 0 Å². The Bertz CT molecular complexity index is 697. The summed E-state index contributed by atoms with van der Waals surface area (Å²) < 4.78 is 5.45. The molecule has 1 saturated carbocycles. The van der Waals surface area contributed by atoms with Gasteiger partial charge in [-0.25, -0.2) is 0 Å². The van der Waals surface area contributed by atoms with Crippen LogP contribution in [0.5, 0.6) is 0 Å². The highest BCUT2D eigenvalue weighted by Gasteiger charge is 2.44. The van der Waals surface area contributed by atoms with Crippen LogP contribution < -0.4 is 10.6 Å². The third-order valence-corrected chi connectivity index (χ3v) is 6.17. The molecule has 2 fully saturated rings. The molecule has 1 saturated heterocycles. The smallest absolute Gasteiger partial charge is 0.246 e. The van der Waals surface area contributed by atoms with Crippen LogP contribution in [0.4, 0.5) is 0 Å². The van der Waals surface area contributed by atoms with E-state index in [9.17, 15) is 14.4 Å². The van der Waals surface area contributed by atoms with E-state index in [1.807, 2.05) is 13.8 Å². The van der Waals surface area contributed by atoms with Crippen molar-refractivity contribution in [3.63, 3.8) is 0 Å². The van der Waals surface area contributed by atoms with Gasteiger partial charge in [-0.05, 0) is 44.7 Å². The second kappa shape index (κ2) is 8.80. The van der Waals surface area contributed by atoms with Crippen LogP contribution in [0.15, 0.2) is 22.8 Å². The van der Waals surface area contributed by atoms with Crippen LogP contribution in [-0.2, 0) is 20.9 Å². The van der Waals surface area contributed by atoms with E-state index in [4.69, 9.17) is 4.42 Å². The van der Waals surface area contributed by atoms with Gasteiger partial charge in [0.25, 0.3) is 0 Å². The lowest BCUT2D eigenvalue weighted by Gasteiger charge is -2.41. The van der Waals surface area contributed by atoms with E-state index in [-0.39, 0.29) is 30.3 Å². The molecule has 2 heterocycles. The summed E-state index contributed by atoms with van der Waals surface area (Å²) in [6.45, 7) is 3.92. The summed E-state index contributed by atoms with van der Waals surface area (Å²) in [6, 6.07) is 3.14. The molecule has 28 heavy (non-hydrogen) atoms. The van der Waals surface area contributed by atoms with Crippen molar-refractivity contribution in [2.75, 3.05) is 0 Å². The van der Waals surface area contributed by atoms with Crippen LogP contribution in [0.3, 0.4) is 0 Å². The molecule has 0 unspecified atom stereocenters. The molecular weight excluding hydrogens is 358 g/mol. The fourth-order valence-electron chi connectivity index (χ4n) is 4.10. The Hall–Kier alpha value is -2.31. The molecule has 154 valence electrons. The number of hydrogen-bond donors (Lipinski definition) is 2. The van der Waals surface area contributed by atoms with Crippen molar-refractivity contribution in [1.82, 2.24) is 15.5 Å². The summed E-state index contributed by atoms with van der Waals surface area (Å²) >= 11 is 0. The molecule has 1 aromatic heterocycles. The summed E-state index contributed by atoms with van der Waals surface area (Å²) in [5.41, 5.74) is -1.02. The van der Waals surface area contributed by atoms with Crippen LogP contribution in [0.25, 0.3) is 0 Å². The number of furan rings is 1. The average Bonchev–Trinajstić information content (AvgIpc) is 3.37. The van der Waals surface area contributed by atoms with E-state index in [1.165, 1.54) is 6.42 Å². The van der Waals surface area contributed by atoms with Crippen LogP contribution in [0.1, 0.15) is 71.0 Å². The maximum atomic E-state index is 13.3. The minimum atomic E-state index is -1.02. The predicted molar refractivity (Wildman–Crippen MR) is 104 cm³/mol. The molecule has 7 heteroatoms. The standard InChI is InChI=1S/C21H31N3O4/c1-3-21(2,20(27)22-15-8-5-4-6-9-15)24(14-16-10-7-13-28-16)19(26)17-11-12-18(25)23-17/h7,10,13,15,17H,3-6,8-9,11-12,14H2,1-2H3,(H,22,27)(H,23,25)/t17-,21-/m1/s1. The lowest BCUT2D eigenvalue weighted by atomic mass is 9.90. The zero-order valence-electron chi connectivity index (χ0n) is 16.8. The Kier molecular flexibility index (Phi) is 6.42. The maximum Gasteiger partial charge on any atom is 0.246 e. The molecule has 1 aliphatic heterocycles. The molecule has 7 nitrogen and oxygen atoms in total. The first-order valence-corrected chi connectivity index (χ1v) is 10.4. The molecule has 3 rings (SSSR count). The minimum absolute atomic E-state index is 0.124. The fourth-order valence-corrected chi connectivity index (χ4v) is 4.10. The second-order valence-corrected chi connectivity index (χ2v) is 8.10. The van der Waals surface area contributed by atoms with Crippen molar-refractivity contribution in [1.29, 1.82) is 0 Å².